The van der Waals surface area contributed by atoms with Gasteiger partial charge in [0.1, 0.15) is 0 Å². The van der Waals surface area contributed by atoms with E-state index in [2.05, 4.69) is 38.1 Å². The second-order valence-corrected chi connectivity index (χ2v) is 5.85. The SMILES string of the molecule is CCC(Cc1ccc(C)cc1)N(C)C(=O)C(C)C(C)N.Cl. The highest BCUT2D eigenvalue weighted by molar-refractivity contribution is 5.85. The van der Waals surface area contributed by atoms with Crippen LogP contribution in [0.15, 0.2) is 24.3 Å². The smallest absolute Gasteiger partial charge is 0.226 e. The van der Waals surface area contributed by atoms with E-state index < -0.39 is 0 Å². The van der Waals surface area contributed by atoms with E-state index in [-0.39, 0.29) is 36.3 Å². The summed E-state index contributed by atoms with van der Waals surface area (Å²) in [5.74, 6) is 0.00558. The van der Waals surface area contributed by atoms with Crippen molar-refractivity contribution in [2.75, 3.05) is 7.05 Å². The number of amides is 1. The first-order valence-corrected chi connectivity index (χ1v) is 7.44. The number of hydrogen-bond donors (Lipinski definition) is 1. The molecule has 0 aromatic heterocycles. The van der Waals surface area contributed by atoms with Crippen LogP contribution < -0.4 is 5.73 Å². The molecule has 0 saturated carbocycles. The molecule has 0 aliphatic rings. The highest BCUT2D eigenvalue weighted by Crippen LogP contribution is 2.15. The number of carbonyl (C=O) groups is 1. The third-order valence-corrected chi connectivity index (χ3v) is 4.14. The Morgan fingerprint density at radius 1 is 1.24 bits per heavy atom. The van der Waals surface area contributed by atoms with Crippen LogP contribution in [0.5, 0.6) is 0 Å². The van der Waals surface area contributed by atoms with E-state index in [1.54, 1.807) is 0 Å². The number of carbonyl (C=O) groups excluding carboxylic acids is 1. The lowest BCUT2D eigenvalue weighted by Gasteiger charge is -2.31. The topological polar surface area (TPSA) is 46.3 Å². The number of halogens is 1. The first-order valence-electron chi connectivity index (χ1n) is 7.44. The predicted octanol–water partition coefficient (Wildman–Crippen LogP) is 3.18. The number of nitrogens with two attached hydrogens (primary N) is 1. The molecule has 1 aromatic carbocycles. The Bertz CT molecular complexity index is 431. The molecule has 4 heteroatoms. The fourth-order valence-electron chi connectivity index (χ4n) is 2.28. The zero-order valence-electron chi connectivity index (χ0n) is 13.8. The van der Waals surface area contributed by atoms with Crippen molar-refractivity contribution in [2.24, 2.45) is 11.7 Å². The fraction of sp³-hybridized carbons (Fsp3) is 0.588. The molecule has 0 fully saturated rings. The minimum Gasteiger partial charge on any atom is -0.342 e. The Balaban J connectivity index is 0.00000400. The molecule has 0 spiro atoms. The van der Waals surface area contributed by atoms with E-state index in [1.807, 2.05) is 25.8 Å². The minimum atomic E-state index is -0.132. The summed E-state index contributed by atoms with van der Waals surface area (Å²) >= 11 is 0. The molecule has 3 unspecified atom stereocenters. The lowest BCUT2D eigenvalue weighted by molar-refractivity contribution is -0.136. The van der Waals surface area contributed by atoms with E-state index in [0.717, 1.165) is 12.8 Å². The summed E-state index contributed by atoms with van der Waals surface area (Å²) in [7, 11) is 1.89. The number of aryl methyl sites for hydroxylation is 1. The van der Waals surface area contributed by atoms with Gasteiger partial charge >= 0.3 is 0 Å². The van der Waals surface area contributed by atoms with Crippen molar-refractivity contribution in [3.8, 4) is 0 Å². The zero-order valence-corrected chi connectivity index (χ0v) is 14.6. The lowest BCUT2D eigenvalue weighted by Crippen LogP contribution is -2.45. The third-order valence-electron chi connectivity index (χ3n) is 4.14. The summed E-state index contributed by atoms with van der Waals surface area (Å²) in [5.41, 5.74) is 8.37. The van der Waals surface area contributed by atoms with Gasteiger partial charge in [0.05, 0.1) is 5.92 Å². The van der Waals surface area contributed by atoms with Gasteiger partial charge < -0.3 is 10.6 Å². The zero-order chi connectivity index (χ0) is 15.3. The Morgan fingerprint density at radius 2 is 1.76 bits per heavy atom. The Morgan fingerprint density at radius 3 is 2.19 bits per heavy atom. The highest BCUT2D eigenvalue weighted by Gasteiger charge is 2.25. The standard InChI is InChI=1S/C17H28N2O.ClH/c1-6-16(11-15-9-7-12(2)8-10-15)19(5)17(20)13(3)14(4)18;/h7-10,13-14,16H,6,11,18H2,1-5H3;1H. The van der Waals surface area contributed by atoms with Gasteiger partial charge in [-0.1, -0.05) is 43.7 Å². The van der Waals surface area contributed by atoms with Crippen molar-refractivity contribution in [3.63, 3.8) is 0 Å². The fourth-order valence-corrected chi connectivity index (χ4v) is 2.28. The largest absolute Gasteiger partial charge is 0.342 e. The minimum absolute atomic E-state index is 0. The van der Waals surface area contributed by atoms with Crippen LogP contribution in [0.1, 0.15) is 38.3 Å². The Kier molecular flexibility index (Phi) is 8.60. The molecule has 0 aliphatic carbocycles. The molecule has 2 N–H and O–H groups in total. The van der Waals surface area contributed by atoms with E-state index in [4.69, 9.17) is 5.73 Å². The molecule has 0 aliphatic heterocycles. The summed E-state index contributed by atoms with van der Waals surface area (Å²) < 4.78 is 0. The van der Waals surface area contributed by atoms with Crippen LogP contribution in [0.4, 0.5) is 0 Å². The van der Waals surface area contributed by atoms with Gasteiger partial charge in [0.15, 0.2) is 0 Å². The summed E-state index contributed by atoms with van der Waals surface area (Å²) in [5, 5.41) is 0. The van der Waals surface area contributed by atoms with Gasteiger partial charge in [-0.2, -0.15) is 0 Å². The van der Waals surface area contributed by atoms with Crippen LogP contribution in [0.25, 0.3) is 0 Å². The molecule has 1 amide bonds. The predicted molar refractivity (Wildman–Crippen MR) is 91.8 cm³/mol. The van der Waals surface area contributed by atoms with Gasteiger partial charge in [0.2, 0.25) is 5.91 Å². The van der Waals surface area contributed by atoms with Crippen molar-refractivity contribution in [2.45, 2.75) is 52.6 Å². The monoisotopic (exact) mass is 312 g/mol. The average Bonchev–Trinajstić information content (AvgIpc) is 2.44. The van der Waals surface area contributed by atoms with Gasteiger partial charge in [-0.15, -0.1) is 12.4 Å². The van der Waals surface area contributed by atoms with E-state index in [1.165, 1.54) is 11.1 Å². The van der Waals surface area contributed by atoms with Crippen LogP contribution in [0, 0.1) is 12.8 Å². The molecule has 1 aromatic rings. The highest BCUT2D eigenvalue weighted by atomic mass is 35.5. The van der Waals surface area contributed by atoms with Crippen molar-refractivity contribution in [3.05, 3.63) is 35.4 Å². The molecular weight excluding hydrogens is 284 g/mol. The second kappa shape index (κ2) is 9.06. The van der Waals surface area contributed by atoms with Crippen LogP contribution in [0.2, 0.25) is 0 Å². The molecular formula is C17H29ClN2O. The summed E-state index contributed by atoms with van der Waals surface area (Å²) in [4.78, 5) is 14.2. The molecule has 0 saturated heterocycles. The average molecular weight is 313 g/mol. The maximum Gasteiger partial charge on any atom is 0.226 e. The molecule has 0 bridgehead atoms. The Hall–Kier alpha value is -1.06. The maximum absolute atomic E-state index is 12.4. The van der Waals surface area contributed by atoms with Gasteiger partial charge in [0, 0.05) is 19.1 Å². The normalized spacial score (nSPS) is 14.8. The van der Waals surface area contributed by atoms with Gasteiger partial charge in [-0.05, 0) is 32.3 Å². The molecule has 3 atom stereocenters. The summed E-state index contributed by atoms with van der Waals surface area (Å²) in [6, 6.07) is 8.65. The van der Waals surface area contributed by atoms with Gasteiger partial charge in [0.25, 0.3) is 0 Å². The van der Waals surface area contributed by atoms with Crippen molar-refractivity contribution < 1.29 is 4.79 Å². The molecule has 0 radical (unpaired) electrons. The molecule has 21 heavy (non-hydrogen) atoms. The number of likely N-dealkylation sites (N-methyl/N-ethyl adjacent to an activating group) is 1. The van der Waals surface area contributed by atoms with Crippen LogP contribution in [-0.4, -0.2) is 29.9 Å². The number of nitrogens with zero attached hydrogens (tertiary/aromatic N) is 1. The van der Waals surface area contributed by atoms with Crippen LogP contribution in [0.3, 0.4) is 0 Å². The van der Waals surface area contributed by atoms with E-state index in [0.29, 0.717) is 0 Å². The number of benzene rings is 1. The van der Waals surface area contributed by atoms with Gasteiger partial charge in [-0.25, -0.2) is 0 Å². The summed E-state index contributed by atoms with van der Waals surface area (Å²) in [6.45, 7) is 8.00. The first-order chi connectivity index (χ1) is 9.36. The van der Waals surface area contributed by atoms with Crippen LogP contribution >= 0.6 is 12.4 Å². The quantitative estimate of drug-likeness (QED) is 0.877. The maximum atomic E-state index is 12.4. The number of hydrogen-bond acceptors (Lipinski definition) is 2. The van der Waals surface area contributed by atoms with Gasteiger partial charge in [-0.3, -0.25) is 4.79 Å². The molecule has 0 heterocycles. The Labute approximate surface area is 135 Å². The molecule has 3 nitrogen and oxygen atoms in total. The molecule has 120 valence electrons. The van der Waals surface area contributed by atoms with Crippen molar-refractivity contribution >= 4 is 18.3 Å². The lowest BCUT2D eigenvalue weighted by atomic mass is 9.98. The number of rotatable bonds is 6. The van der Waals surface area contributed by atoms with Crippen LogP contribution in [-0.2, 0) is 11.2 Å². The van der Waals surface area contributed by atoms with Crippen molar-refractivity contribution in [1.29, 1.82) is 0 Å². The summed E-state index contributed by atoms with van der Waals surface area (Å²) in [6.07, 6.45) is 1.84. The van der Waals surface area contributed by atoms with E-state index >= 15 is 0 Å². The van der Waals surface area contributed by atoms with Crippen molar-refractivity contribution in [1.82, 2.24) is 4.90 Å². The first kappa shape index (κ1) is 19.9. The second-order valence-electron chi connectivity index (χ2n) is 5.85. The third kappa shape index (κ3) is 5.68. The van der Waals surface area contributed by atoms with E-state index in [9.17, 15) is 4.79 Å². The molecule has 1 rings (SSSR count).